The van der Waals surface area contributed by atoms with Gasteiger partial charge in [0.2, 0.25) is 5.75 Å². The maximum Gasteiger partial charge on any atom is 0.352 e. The van der Waals surface area contributed by atoms with Crippen LogP contribution in [-0.2, 0) is 0 Å². The van der Waals surface area contributed by atoms with E-state index in [-0.39, 0.29) is 11.2 Å². The van der Waals surface area contributed by atoms with Crippen molar-refractivity contribution in [3.63, 3.8) is 0 Å². The predicted octanol–water partition coefficient (Wildman–Crippen LogP) is 3.77. The maximum absolute atomic E-state index is 14.0. The molecule has 8 heteroatoms. The summed E-state index contributed by atoms with van der Waals surface area (Å²) in [6, 6.07) is 7.55. The van der Waals surface area contributed by atoms with Gasteiger partial charge in [-0.15, -0.1) is 0 Å². The molecular weight excluding hydrogens is 343 g/mol. The van der Waals surface area contributed by atoms with Gasteiger partial charge < -0.3 is 29.6 Å². The molecule has 1 heterocycles. The van der Waals surface area contributed by atoms with Gasteiger partial charge in [0.05, 0.1) is 26.8 Å². The minimum atomic E-state index is -1.17. The zero-order chi connectivity index (χ0) is 18.8. The van der Waals surface area contributed by atoms with Gasteiger partial charge in [-0.3, -0.25) is 0 Å². The number of ether oxygens (including phenoxy) is 3. The lowest BCUT2D eigenvalue weighted by atomic mass is 10.2. The van der Waals surface area contributed by atoms with Gasteiger partial charge in [0.1, 0.15) is 11.5 Å². The highest BCUT2D eigenvalue weighted by Gasteiger charge is 2.16. The molecule has 3 N–H and O–H groups in total. The summed E-state index contributed by atoms with van der Waals surface area (Å²) in [7, 11) is 4.51. The van der Waals surface area contributed by atoms with Gasteiger partial charge in [-0.25, -0.2) is 9.18 Å². The molecule has 26 heavy (non-hydrogen) atoms. The van der Waals surface area contributed by atoms with Crippen LogP contribution in [0, 0.1) is 5.82 Å². The van der Waals surface area contributed by atoms with Crippen LogP contribution in [0.15, 0.2) is 30.3 Å². The number of anilines is 2. The van der Waals surface area contributed by atoms with Crippen LogP contribution >= 0.6 is 0 Å². The number of carboxylic acids is 1. The molecule has 0 amide bonds. The summed E-state index contributed by atoms with van der Waals surface area (Å²) in [6.07, 6.45) is 0. The number of H-pyrrole nitrogens is 1. The van der Waals surface area contributed by atoms with Crippen molar-refractivity contribution in [1.82, 2.24) is 4.98 Å². The number of rotatable bonds is 6. The Kier molecular flexibility index (Phi) is 4.57. The second-order valence-electron chi connectivity index (χ2n) is 5.41. The van der Waals surface area contributed by atoms with Gasteiger partial charge in [0.15, 0.2) is 11.5 Å². The Morgan fingerprint density at radius 1 is 1.08 bits per heavy atom. The maximum atomic E-state index is 14.0. The monoisotopic (exact) mass is 360 g/mol. The fourth-order valence-electron chi connectivity index (χ4n) is 2.72. The Balaban J connectivity index is 2.09. The molecule has 0 unspecified atom stereocenters. The fourth-order valence-corrected chi connectivity index (χ4v) is 2.72. The number of nitrogens with one attached hydrogen (secondary N) is 2. The average Bonchev–Trinajstić information content (AvgIpc) is 3.10. The van der Waals surface area contributed by atoms with Crippen LogP contribution in [0.5, 0.6) is 17.2 Å². The zero-order valence-corrected chi connectivity index (χ0v) is 14.3. The summed E-state index contributed by atoms with van der Waals surface area (Å²) in [6.45, 7) is 0. The van der Waals surface area contributed by atoms with E-state index in [1.165, 1.54) is 39.5 Å². The number of hydrogen-bond acceptors (Lipinski definition) is 5. The number of carboxylic acid groups (broad SMARTS) is 1. The molecule has 7 nitrogen and oxygen atoms in total. The van der Waals surface area contributed by atoms with Crippen LogP contribution in [0.25, 0.3) is 10.9 Å². The van der Waals surface area contributed by atoms with E-state index in [0.717, 1.165) is 0 Å². The Hall–Kier alpha value is -3.42. The van der Waals surface area contributed by atoms with Gasteiger partial charge in [-0.2, -0.15) is 0 Å². The van der Waals surface area contributed by atoms with Crippen LogP contribution in [0.4, 0.5) is 15.8 Å². The van der Waals surface area contributed by atoms with E-state index < -0.39 is 11.8 Å². The molecule has 3 rings (SSSR count). The standard InChI is InChI=1S/C18H17FN2O5/c1-24-14-6-9(7-15(25-2)17(14)26-3)20-12-5-4-11(19)16-10(12)8-13(21-16)18(22)23/h4-8,20-21H,1-3H3,(H,22,23). The molecule has 0 spiro atoms. The number of aromatic nitrogens is 1. The number of halogens is 1. The largest absolute Gasteiger partial charge is 0.493 e. The molecule has 1 aromatic heterocycles. The lowest BCUT2D eigenvalue weighted by Gasteiger charge is -2.15. The van der Waals surface area contributed by atoms with Crippen LogP contribution in [0.1, 0.15) is 10.5 Å². The first kappa shape index (κ1) is 17.4. The van der Waals surface area contributed by atoms with E-state index in [4.69, 9.17) is 19.3 Å². The van der Waals surface area contributed by atoms with Crippen molar-refractivity contribution >= 4 is 28.2 Å². The molecule has 136 valence electrons. The van der Waals surface area contributed by atoms with Gasteiger partial charge in [-0.1, -0.05) is 0 Å². The second kappa shape index (κ2) is 6.83. The van der Waals surface area contributed by atoms with Crippen LogP contribution in [-0.4, -0.2) is 37.4 Å². The van der Waals surface area contributed by atoms with Crippen molar-refractivity contribution in [2.24, 2.45) is 0 Å². The predicted molar refractivity (Wildman–Crippen MR) is 94.6 cm³/mol. The first-order valence-corrected chi connectivity index (χ1v) is 7.60. The Morgan fingerprint density at radius 3 is 2.27 bits per heavy atom. The van der Waals surface area contributed by atoms with Gasteiger partial charge in [0.25, 0.3) is 0 Å². The number of benzene rings is 2. The Morgan fingerprint density at radius 2 is 1.73 bits per heavy atom. The molecule has 0 saturated carbocycles. The molecular formula is C18H17FN2O5. The normalized spacial score (nSPS) is 10.6. The average molecular weight is 360 g/mol. The Bertz CT molecular complexity index is 958. The third-order valence-electron chi connectivity index (χ3n) is 3.92. The van der Waals surface area contributed by atoms with Crippen LogP contribution in [0.2, 0.25) is 0 Å². The smallest absolute Gasteiger partial charge is 0.352 e. The molecule has 0 fully saturated rings. The first-order valence-electron chi connectivity index (χ1n) is 7.60. The van der Waals surface area contributed by atoms with E-state index in [1.54, 1.807) is 12.1 Å². The lowest BCUT2D eigenvalue weighted by molar-refractivity contribution is 0.0691. The summed E-state index contributed by atoms with van der Waals surface area (Å²) >= 11 is 0. The summed E-state index contributed by atoms with van der Waals surface area (Å²) < 4.78 is 29.9. The highest BCUT2D eigenvalue weighted by Crippen LogP contribution is 2.41. The molecule has 3 aromatic rings. The fraction of sp³-hybridized carbons (Fsp3) is 0.167. The van der Waals surface area contributed by atoms with Crippen molar-refractivity contribution in [3.05, 3.63) is 41.8 Å². The Labute approximate surface area is 148 Å². The molecule has 0 bridgehead atoms. The first-order chi connectivity index (χ1) is 12.5. The van der Waals surface area contributed by atoms with Crippen LogP contribution in [0.3, 0.4) is 0 Å². The number of hydrogen-bond donors (Lipinski definition) is 3. The third kappa shape index (κ3) is 2.97. The summed E-state index contributed by atoms with van der Waals surface area (Å²) in [5, 5.41) is 12.7. The van der Waals surface area contributed by atoms with E-state index in [0.29, 0.717) is 34.0 Å². The van der Waals surface area contributed by atoms with Crippen molar-refractivity contribution in [2.75, 3.05) is 26.6 Å². The molecule has 0 aliphatic carbocycles. The van der Waals surface area contributed by atoms with E-state index in [9.17, 15) is 9.18 Å². The van der Waals surface area contributed by atoms with Gasteiger partial charge >= 0.3 is 5.97 Å². The lowest BCUT2D eigenvalue weighted by Crippen LogP contribution is -1.98. The second-order valence-corrected chi connectivity index (χ2v) is 5.41. The summed E-state index contributed by atoms with van der Waals surface area (Å²) in [5.41, 5.74) is 1.14. The number of aromatic carboxylic acids is 1. The number of fused-ring (bicyclic) bond motifs is 1. The van der Waals surface area contributed by atoms with Crippen molar-refractivity contribution in [2.45, 2.75) is 0 Å². The van der Waals surface area contributed by atoms with Crippen molar-refractivity contribution in [3.8, 4) is 17.2 Å². The number of carbonyl (C=O) groups is 1. The topological polar surface area (TPSA) is 92.8 Å². The molecule has 0 atom stereocenters. The molecule has 2 aromatic carbocycles. The number of aromatic amines is 1. The van der Waals surface area contributed by atoms with Crippen molar-refractivity contribution in [1.29, 1.82) is 0 Å². The quantitative estimate of drug-likeness (QED) is 0.620. The van der Waals surface area contributed by atoms with E-state index >= 15 is 0 Å². The van der Waals surface area contributed by atoms with Crippen LogP contribution < -0.4 is 19.5 Å². The molecule has 0 saturated heterocycles. The minimum Gasteiger partial charge on any atom is -0.493 e. The molecule has 0 aliphatic rings. The SMILES string of the molecule is COc1cc(Nc2ccc(F)c3[nH]c(C(=O)O)cc23)cc(OC)c1OC. The third-order valence-corrected chi connectivity index (χ3v) is 3.92. The minimum absolute atomic E-state index is 0.0990. The van der Waals surface area contributed by atoms with Gasteiger partial charge in [-0.05, 0) is 18.2 Å². The number of methoxy groups -OCH3 is 3. The van der Waals surface area contributed by atoms with E-state index in [1.807, 2.05) is 0 Å². The molecule has 0 aliphatic heterocycles. The van der Waals surface area contributed by atoms with Gasteiger partial charge in [0, 0.05) is 28.9 Å². The summed E-state index contributed by atoms with van der Waals surface area (Å²) in [4.78, 5) is 13.7. The zero-order valence-electron chi connectivity index (χ0n) is 14.3. The molecule has 0 radical (unpaired) electrons. The van der Waals surface area contributed by atoms with E-state index in [2.05, 4.69) is 10.3 Å². The summed E-state index contributed by atoms with van der Waals surface area (Å²) in [5.74, 6) is -0.358. The highest BCUT2D eigenvalue weighted by atomic mass is 19.1. The van der Waals surface area contributed by atoms with Crippen molar-refractivity contribution < 1.29 is 28.5 Å². The highest BCUT2D eigenvalue weighted by molar-refractivity contribution is 6.00.